The normalized spacial score (nSPS) is 12.6. The summed E-state index contributed by atoms with van der Waals surface area (Å²) in [6, 6.07) is 6.56. The number of aromatic nitrogens is 1. The average Bonchev–Trinajstić information content (AvgIpc) is 2.85. The summed E-state index contributed by atoms with van der Waals surface area (Å²) in [5, 5.41) is 6.70. The average molecular weight is 390 g/mol. The van der Waals surface area contributed by atoms with Gasteiger partial charge in [0.2, 0.25) is 0 Å². The van der Waals surface area contributed by atoms with Crippen LogP contribution in [0.2, 0.25) is 0 Å². The van der Waals surface area contributed by atoms with Gasteiger partial charge in [-0.05, 0) is 30.3 Å². The number of hydrogen-bond donors (Lipinski definition) is 1. The van der Waals surface area contributed by atoms with Gasteiger partial charge in [-0.2, -0.15) is 0 Å². The molecule has 0 aliphatic heterocycles. The summed E-state index contributed by atoms with van der Waals surface area (Å²) in [5.41, 5.74) is 1.27. The van der Waals surface area contributed by atoms with Gasteiger partial charge in [0.1, 0.15) is 0 Å². The lowest BCUT2D eigenvalue weighted by molar-refractivity contribution is 0.546. The molecule has 2 nitrogen and oxygen atoms in total. The highest BCUT2D eigenvalue weighted by molar-refractivity contribution is 9.11. The van der Waals surface area contributed by atoms with Gasteiger partial charge in [-0.25, -0.2) is 4.98 Å². The minimum Gasteiger partial charge on any atom is -0.310 e. The number of likely N-dealkylation sites (N-methyl/N-ethyl adjacent to an activating group) is 1. The molecule has 2 aromatic rings. The molecule has 0 fully saturated rings. The van der Waals surface area contributed by atoms with E-state index in [9.17, 15) is 0 Å². The number of nitrogens with zero attached hydrogens (tertiary/aromatic N) is 1. The summed E-state index contributed by atoms with van der Waals surface area (Å²) in [4.78, 5) is 4.37. The van der Waals surface area contributed by atoms with Crippen LogP contribution in [0.5, 0.6) is 0 Å². The van der Waals surface area contributed by atoms with Gasteiger partial charge in [0.05, 0.1) is 5.01 Å². The van der Waals surface area contributed by atoms with Gasteiger partial charge in [0.25, 0.3) is 0 Å². The minimum absolute atomic E-state index is 0.285. The van der Waals surface area contributed by atoms with Crippen molar-refractivity contribution in [3.05, 3.63) is 49.3 Å². The number of halogens is 2. The zero-order chi connectivity index (χ0) is 13.0. The van der Waals surface area contributed by atoms with Crippen LogP contribution in [0.25, 0.3) is 0 Å². The van der Waals surface area contributed by atoms with Crippen molar-refractivity contribution in [1.29, 1.82) is 0 Å². The molecule has 0 saturated carbocycles. The van der Waals surface area contributed by atoms with Crippen LogP contribution >= 0.6 is 43.2 Å². The van der Waals surface area contributed by atoms with Crippen molar-refractivity contribution in [2.75, 3.05) is 6.54 Å². The molecule has 0 spiro atoms. The number of thiazole rings is 1. The lowest BCUT2D eigenvalue weighted by atomic mass is 10.0. The van der Waals surface area contributed by atoms with Gasteiger partial charge in [0.15, 0.2) is 0 Å². The molecule has 0 aliphatic rings. The highest BCUT2D eigenvalue weighted by atomic mass is 79.9. The molecule has 18 heavy (non-hydrogen) atoms. The predicted molar refractivity (Wildman–Crippen MR) is 84.1 cm³/mol. The fraction of sp³-hybridized carbons (Fsp3) is 0.308. The first-order valence-corrected chi connectivity index (χ1v) is 8.24. The third-order valence-corrected chi connectivity index (χ3v) is 4.66. The first-order chi connectivity index (χ1) is 8.70. The van der Waals surface area contributed by atoms with Crippen molar-refractivity contribution in [2.45, 2.75) is 19.4 Å². The van der Waals surface area contributed by atoms with Gasteiger partial charge in [-0.15, -0.1) is 11.3 Å². The molecular formula is C13H14Br2N2S. The Kier molecular flexibility index (Phi) is 5.36. The molecule has 0 saturated heterocycles. The summed E-state index contributed by atoms with van der Waals surface area (Å²) < 4.78 is 2.23. The van der Waals surface area contributed by atoms with E-state index >= 15 is 0 Å². The predicted octanol–water partition coefficient (Wildman–Crippen LogP) is 4.56. The monoisotopic (exact) mass is 388 g/mol. The Morgan fingerprint density at radius 2 is 2.22 bits per heavy atom. The summed E-state index contributed by atoms with van der Waals surface area (Å²) in [5.74, 6) is 0. The van der Waals surface area contributed by atoms with Gasteiger partial charge >= 0.3 is 0 Å². The van der Waals surface area contributed by atoms with Crippen molar-refractivity contribution in [2.24, 2.45) is 0 Å². The second-order valence-electron chi connectivity index (χ2n) is 3.91. The van der Waals surface area contributed by atoms with E-state index in [1.54, 1.807) is 11.3 Å². The molecule has 0 amide bonds. The van der Waals surface area contributed by atoms with Gasteiger partial charge in [0, 0.05) is 33.0 Å². The molecule has 1 aromatic carbocycles. The lowest BCUT2D eigenvalue weighted by Gasteiger charge is -2.19. The van der Waals surface area contributed by atoms with E-state index < -0.39 is 0 Å². The quantitative estimate of drug-likeness (QED) is 0.810. The topological polar surface area (TPSA) is 24.9 Å². The first kappa shape index (κ1) is 14.2. The molecule has 1 heterocycles. The third kappa shape index (κ3) is 3.63. The SMILES string of the molecule is CCNC(Cc1nccs1)c1cc(Br)ccc1Br. The molecule has 1 atom stereocenters. The Balaban J connectivity index is 2.26. The van der Waals surface area contributed by atoms with Crippen molar-refractivity contribution in [3.8, 4) is 0 Å². The van der Waals surface area contributed by atoms with E-state index in [2.05, 4.69) is 61.2 Å². The Bertz CT molecular complexity index is 500. The molecule has 0 bridgehead atoms. The van der Waals surface area contributed by atoms with E-state index in [-0.39, 0.29) is 6.04 Å². The maximum Gasteiger partial charge on any atom is 0.0943 e. The van der Waals surface area contributed by atoms with E-state index in [1.807, 2.05) is 17.6 Å². The van der Waals surface area contributed by atoms with Crippen molar-refractivity contribution >= 4 is 43.2 Å². The highest BCUT2D eigenvalue weighted by Crippen LogP contribution is 2.29. The van der Waals surface area contributed by atoms with Crippen molar-refractivity contribution in [3.63, 3.8) is 0 Å². The smallest absolute Gasteiger partial charge is 0.0943 e. The van der Waals surface area contributed by atoms with E-state index in [0.717, 1.165) is 26.9 Å². The molecular weight excluding hydrogens is 376 g/mol. The summed E-state index contributed by atoms with van der Waals surface area (Å²) in [6.07, 6.45) is 2.78. The van der Waals surface area contributed by atoms with E-state index in [4.69, 9.17) is 0 Å². The Hall–Kier alpha value is -0.230. The van der Waals surface area contributed by atoms with Gasteiger partial charge in [-0.3, -0.25) is 0 Å². The van der Waals surface area contributed by atoms with Crippen LogP contribution in [0.4, 0.5) is 0 Å². The number of hydrogen-bond acceptors (Lipinski definition) is 3. The Morgan fingerprint density at radius 1 is 1.39 bits per heavy atom. The molecule has 1 N–H and O–H groups in total. The van der Waals surface area contributed by atoms with Crippen LogP contribution in [-0.2, 0) is 6.42 Å². The van der Waals surface area contributed by atoms with Gasteiger partial charge < -0.3 is 5.32 Å². The van der Waals surface area contributed by atoms with Crippen LogP contribution in [0.1, 0.15) is 23.5 Å². The standard InChI is InChI=1S/C13H14Br2N2S/c1-2-16-12(8-13-17-5-6-18-13)10-7-9(14)3-4-11(10)15/h3-7,12,16H,2,8H2,1H3. The highest BCUT2D eigenvalue weighted by Gasteiger charge is 2.15. The van der Waals surface area contributed by atoms with Crippen LogP contribution in [0.3, 0.4) is 0 Å². The molecule has 1 aromatic heterocycles. The van der Waals surface area contributed by atoms with Crippen LogP contribution in [-0.4, -0.2) is 11.5 Å². The van der Waals surface area contributed by atoms with Crippen LogP contribution in [0.15, 0.2) is 38.7 Å². The summed E-state index contributed by atoms with van der Waals surface area (Å²) in [6.45, 7) is 3.07. The number of benzene rings is 1. The fourth-order valence-corrected chi connectivity index (χ4v) is 3.41. The largest absolute Gasteiger partial charge is 0.310 e. The molecule has 2 rings (SSSR count). The number of rotatable bonds is 5. The summed E-state index contributed by atoms with van der Waals surface area (Å²) in [7, 11) is 0. The van der Waals surface area contributed by atoms with Crippen LogP contribution in [0, 0.1) is 0 Å². The first-order valence-electron chi connectivity index (χ1n) is 5.77. The Labute approximate surface area is 128 Å². The zero-order valence-electron chi connectivity index (χ0n) is 9.99. The maximum atomic E-state index is 4.37. The number of nitrogens with one attached hydrogen (secondary N) is 1. The fourth-order valence-electron chi connectivity index (χ4n) is 1.85. The second-order valence-corrected chi connectivity index (χ2v) is 6.66. The van der Waals surface area contributed by atoms with Crippen molar-refractivity contribution in [1.82, 2.24) is 10.3 Å². The minimum atomic E-state index is 0.285. The van der Waals surface area contributed by atoms with E-state index in [0.29, 0.717) is 0 Å². The summed E-state index contributed by atoms with van der Waals surface area (Å²) >= 11 is 8.86. The van der Waals surface area contributed by atoms with Gasteiger partial charge in [-0.1, -0.05) is 38.8 Å². The molecule has 1 unspecified atom stereocenters. The maximum absolute atomic E-state index is 4.37. The van der Waals surface area contributed by atoms with E-state index in [1.165, 1.54) is 5.56 Å². The van der Waals surface area contributed by atoms with Crippen LogP contribution < -0.4 is 5.32 Å². The molecule has 0 radical (unpaired) electrons. The molecule has 96 valence electrons. The zero-order valence-corrected chi connectivity index (χ0v) is 14.0. The lowest BCUT2D eigenvalue weighted by Crippen LogP contribution is -2.23. The second kappa shape index (κ2) is 6.80. The van der Waals surface area contributed by atoms with Crippen molar-refractivity contribution < 1.29 is 0 Å². The Morgan fingerprint density at radius 3 is 2.89 bits per heavy atom. The third-order valence-electron chi connectivity index (χ3n) is 2.65. The molecule has 0 aliphatic carbocycles. The molecule has 5 heteroatoms.